The van der Waals surface area contributed by atoms with Crippen LogP contribution in [0.3, 0.4) is 0 Å². The largest absolute Gasteiger partial charge is 0.309 e. The Labute approximate surface area is 406 Å². The molecule has 0 spiro atoms. The second kappa shape index (κ2) is 16.2. The van der Waals surface area contributed by atoms with Crippen molar-refractivity contribution in [2.24, 2.45) is 0 Å². The molecule has 0 radical (unpaired) electrons. The Morgan fingerprint density at radius 3 is 0.786 bits per heavy atom. The average Bonchev–Trinajstić information content (AvgIpc) is 3.43. The zero-order chi connectivity index (χ0) is 46.1. The van der Waals surface area contributed by atoms with Crippen molar-refractivity contribution in [1.29, 1.82) is 0 Å². The maximum absolute atomic E-state index is 2.54. The molecule has 0 aliphatic carbocycles. The molecule has 14 rings (SSSR count). The molecule has 0 aliphatic heterocycles. The van der Waals surface area contributed by atoms with Crippen LogP contribution in [0.5, 0.6) is 0 Å². The molecule has 326 valence electrons. The molecule has 2 heteroatoms. The fraction of sp³-hybridized carbons (Fsp3) is 0. The van der Waals surface area contributed by atoms with Crippen molar-refractivity contribution in [2.75, 3.05) is 9.80 Å². The predicted octanol–water partition coefficient (Wildman–Crippen LogP) is 19.5. The van der Waals surface area contributed by atoms with E-state index in [2.05, 4.69) is 277 Å². The summed E-state index contributed by atoms with van der Waals surface area (Å²) < 4.78 is 0. The quantitative estimate of drug-likeness (QED) is 0.140. The topological polar surface area (TPSA) is 6.48 Å². The molecule has 0 aliphatic rings. The lowest BCUT2D eigenvalue weighted by atomic mass is 9.85. The molecule has 0 N–H and O–H groups in total. The van der Waals surface area contributed by atoms with Crippen LogP contribution in [0, 0.1) is 0 Å². The fourth-order valence-electron chi connectivity index (χ4n) is 11.4. The Balaban J connectivity index is 1.18. The number of anilines is 6. The molecular weight excluding hydrogens is 845 g/mol. The van der Waals surface area contributed by atoms with Crippen LogP contribution in [0.4, 0.5) is 34.1 Å². The minimum Gasteiger partial charge on any atom is -0.309 e. The maximum atomic E-state index is 2.54. The molecule has 14 aromatic rings. The van der Waals surface area contributed by atoms with E-state index in [1.807, 2.05) is 0 Å². The highest BCUT2D eigenvalue weighted by atomic mass is 15.2. The minimum absolute atomic E-state index is 1.13. The van der Waals surface area contributed by atoms with Crippen molar-refractivity contribution in [1.82, 2.24) is 0 Å². The summed E-state index contributed by atoms with van der Waals surface area (Å²) in [6, 6.07) is 98.5. The molecule has 0 fully saturated rings. The van der Waals surface area contributed by atoms with E-state index < -0.39 is 0 Å². The smallest absolute Gasteiger partial charge is 0.0547 e. The van der Waals surface area contributed by atoms with E-state index in [0.29, 0.717) is 0 Å². The van der Waals surface area contributed by atoms with Crippen LogP contribution in [0.25, 0.3) is 97.7 Å². The van der Waals surface area contributed by atoms with E-state index in [1.54, 1.807) is 0 Å². The van der Waals surface area contributed by atoms with Gasteiger partial charge in [-0.3, -0.25) is 0 Å². The van der Waals surface area contributed by atoms with Gasteiger partial charge in [0, 0.05) is 43.1 Å². The minimum atomic E-state index is 1.13. The van der Waals surface area contributed by atoms with Crippen LogP contribution < -0.4 is 9.80 Å². The zero-order valence-corrected chi connectivity index (χ0v) is 38.3. The molecule has 70 heavy (non-hydrogen) atoms. The Bertz CT molecular complexity index is 3850. The average molecular weight is 889 g/mol. The number of fused-ring (bicyclic) bond motifs is 4. The molecule has 0 amide bonds. The number of benzene rings is 14. The summed E-state index contributed by atoms with van der Waals surface area (Å²) in [5.41, 5.74) is 11.5. The van der Waals surface area contributed by atoms with Gasteiger partial charge in [-0.25, -0.2) is 0 Å². The third kappa shape index (κ3) is 6.27. The van der Waals surface area contributed by atoms with Crippen molar-refractivity contribution < 1.29 is 0 Å². The monoisotopic (exact) mass is 888 g/mol. The number of hydrogen-bond donors (Lipinski definition) is 0. The second-order valence-electron chi connectivity index (χ2n) is 18.4. The Morgan fingerprint density at radius 1 is 0.186 bits per heavy atom. The van der Waals surface area contributed by atoms with E-state index in [4.69, 9.17) is 0 Å². The molecule has 0 atom stereocenters. The third-order valence-electron chi connectivity index (χ3n) is 14.5. The predicted molar refractivity (Wildman–Crippen MR) is 300 cm³/mol. The van der Waals surface area contributed by atoms with Crippen molar-refractivity contribution in [3.8, 4) is 22.3 Å². The van der Waals surface area contributed by atoms with Gasteiger partial charge in [-0.15, -0.1) is 0 Å². The summed E-state index contributed by atoms with van der Waals surface area (Å²) in [7, 11) is 0. The van der Waals surface area contributed by atoms with Crippen molar-refractivity contribution in [3.63, 3.8) is 0 Å². The maximum Gasteiger partial charge on any atom is 0.0547 e. The van der Waals surface area contributed by atoms with Gasteiger partial charge >= 0.3 is 0 Å². The summed E-state index contributed by atoms with van der Waals surface area (Å²) in [6.07, 6.45) is 0. The Morgan fingerprint density at radius 2 is 0.457 bits per heavy atom. The van der Waals surface area contributed by atoms with Gasteiger partial charge in [0.2, 0.25) is 0 Å². The van der Waals surface area contributed by atoms with E-state index in [0.717, 1.165) is 34.1 Å². The van der Waals surface area contributed by atoms with Crippen LogP contribution in [-0.4, -0.2) is 0 Å². The standard InChI is InChI=1S/C68H44N2/c1-3-19-49(20-4-1)59-43-65(69(61-35-15-27-45-23-7-11-31-51(45)61)62-36-16-28-46-24-8-12-32-52(46)62)57-42-40-56-60(50-21-5-2-6-22-50)44-66(58-41-39-55(59)67(57)68(56)58)70(63-37-17-29-47-25-9-13-33-53(47)63)64-38-18-30-48-26-10-14-34-54(48)64/h1-44H. The molecule has 0 bridgehead atoms. The van der Waals surface area contributed by atoms with Crippen LogP contribution >= 0.6 is 0 Å². The Hall–Kier alpha value is -9.24. The summed E-state index contributed by atoms with van der Waals surface area (Å²) in [6.45, 7) is 0. The van der Waals surface area contributed by atoms with Gasteiger partial charge in [-0.2, -0.15) is 0 Å². The van der Waals surface area contributed by atoms with Gasteiger partial charge < -0.3 is 9.80 Å². The molecule has 0 saturated carbocycles. The fourth-order valence-corrected chi connectivity index (χ4v) is 11.4. The van der Waals surface area contributed by atoms with E-state index >= 15 is 0 Å². The van der Waals surface area contributed by atoms with Crippen LogP contribution in [-0.2, 0) is 0 Å². The van der Waals surface area contributed by atoms with Crippen LogP contribution in [0.15, 0.2) is 267 Å². The molecule has 0 aromatic heterocycles. The van der Waals surface area contributed by atoms with Crippen molar-refractivity contribution >= 4 is 110 Å². The van der Waals surface area contributed by atoms with Gasteiger partial charge in [-0.05, 0) is 91.0 Å². The Kier molecular flexibility index (Phi) is 9.25. The second-order valence-corrected chi connectivity index (χ2v) is 18.4. The molecule has 0 unspecified atom stereocenters. The summed E-state index contributed by atoms with van der Waals surface area (Å²) in [5.74, 6) is 0. The van der Waals surface area contributed by atoms with Gasteiger partial charge in [0.15, 0.2) is 0 Å². The van der Waals surface area contributed by atoms with E-state index in [-0.39, 0.29) is 0 Å². The lowest BCUT2D eigenvalue weighted by Gasteiger charge is -2.32. The van der Waals surface area contributed by atoms with Crippen molar-refractivity contribution in [3.05, 3.63) is 267 Å². The van der Waals surface area contributed by atoms with Crippen molar-refractivity contribution in [2.45, 2.75) is 0 Å². The zero-order valence-electron chi connectivity index (χ0n) is 38.3. The third-order valence-corrected chi connectivity index (χ3v) is 14.5. The summed E-state index contributed by atoms with van der Waals surface area (Å²) >= 11 is 0. The number of rotatable bonds is 8. The summed E-state index contributed by atoms with van der Waals surface area (Å²) in [4.78, 5) is 5.08. The van der Waals surface area contributed by atoms with Crippen LogP contribution in [0.2, 0.25) is 0 Å². The van der Waals surface area contributed by atoms with Gasteiger partial charge in [0.05, 0.1) is 34.1 Å². The highest BCUT2D eigenvalue weighted by molar-refractivity contribution is 6.33. The lowest BCUT2D eigenvalue weighted by Crippen LogP contribution is -2.13. The molecule has 0 saturated heterocycles. The SMILES string of the molecule is c1ccc(-c2cc(N(c3cccc4ccccc34)c3cccc4ccccc34)c3ccc4c(-c5ccccc5)cc(N(c5cccc6ccccc56)c5cccc6ccccc56)c5ccc2c3c45)cc1. The number of hydrogen-bond acceptors (Lipinski definition) is 2. The number of nitrogens with zero attached hydrogens (tertiary/aromatic N) is 2. The first-order valence-electron chi connectivity index (χ1n) is 24.2. The molecular formula is C68H44N2. The lowest BCUT2D eigenvalue weighted by molar-refractivity contribution is 1.33. The first kappa shape index (κ1) is 39.9. The highest BCUT2D eigenvalue weighted by Crippen LogP contribution is 2.54. The highest BCUT2D eigenvalue weighted by Gasteiger charge is 2.28. The van der Waals surface area contributed by atoms with Gasteiger partial charge in [0.25, 0.3) is 0 Å². The van der Waals surface area contributed by atoms with E-state index in [1.165, 1.54) is 97.7 Å². The first-order valence-corrected chi connectivity index (χ1v) is 24.2. The van der Waals surface area contributed by atoms with Gasteiger partial charge in [-0.1, -0.05) is 231 Å². The normalized spacial score (nSPS) is 11.7. The molecule has 2 nitrogen and oxygen atoms in total. The van der Waals surface area contributed by atoms with Crippen LogP contribution in [0.1, 0.15) is 0 Å². The van der Waals surface area contributed by atoms with Gasteiger partial charge in [0.1, 0.15) is 0 Å². The summed E-state index contributed by atoms with van der Waals surface area (Å²) in [5, 5.41) is 16.9. The van der Waals surface area contributed by atoms with E-state index in [9.17, 15) is 0 Å². The first-order chi connectivity index (χ1) is 34.8. The molecule has 0 heterocycles. The molecule has 14 aromatic carbocycles.